The molecule has 0 spiro atoms. The Kier molecular flexibility index (Phi) is 4.55. The highest BCUT2D eigenvalue weighted by Gasteiger charge is 2.17. The van der Waals surface area contributed by atoms with Gasteiger partial charge in [-0.1, -0.05) is 30.3 Å². The standard InChI is InChI=1S/C15H15NO4/c17-14(18)7-6-13(11-4-2-1-3-5-11)16-15(19)12-8-9-20-10-12/h1-5,8-10,13H,6-7H2,(H,16,19)(H,17,18). The maximum absolute atomic E-state index is 12.0. The van der Waals surface area contributed by atoms with Crippen molar-refractivity contribution >= 4 is 11.9 Å². The van der Waals surface area contributed by atoms with Crippen molar-refractivity contribution in [1.29, 1.82) is 0 Å². The molecule has 2 rings (SSSR count). The summed E-state index contributed by atoms with van der Waals surface area (Å²) in [4.78, 5) is 22.7. The van der Waals surface area contributed by atoms with Crippen molar-refractivity contribution in [3.8, 4) is 0 Å². The van der Waals surface area contributed by atoms with Gasteiger partial charge in [-0.15, -0.1) is 0 Å². The van der Waals surface area contributed by atoms with Gasteiger partial charge in [0.25, 0.3) is 5.91 Å². The van der Waals surface area contributed by atoms with E-state index >= 15 is 0 Å². The van der Waals surface area contributed by atoms with Crippen LogP contribution in [0.5, 0.6) is 0 Å². The van der Waals surface area contributed by atoms with E-state index in [0.717, 1.165) is 5.56 Å². The van der Waals surface area contributed by atoms with E-state index in [4.69, 9.17) is 9.52 Å². The third-order valence-electron chi connectivity index (χ3n) is 2.94. The molecule has 1 atom stereocenters. The van der Waals surface area contributed by atoms with E-state index in [-0.39, 0.29) is 18.4 Å². The lowest BCUT2D eigenvalue weighted by molar-refractivity contribution is -0.137. The number of hydrogen-bond acceptors (Lipinski definition) is 3. The Hall–Kier alpha value is -2.56. The number of furan rings is 1. The minimum Gasteiger partial charge on any atom is -0.481 e. The fourth-order valence-corrected chi connectivity index (χ4v) is 1.91. The van der Waals surface area contributed by atoms with Crippen molar-refractivity contribution in [3.63, 3.8) is 0 Å². The van der Waals surface area contributed by atoms with Gasteiger partial charge in [0.15, 0.2) is 0 Å². The smallest absolute Gasteiger partial charge is 0.303 e. The molecule has 0 radical (unpaired) electrons. The molecule has 0 saturated heterocycles. The van der Waals surface area contributed by atoms with Gasteiger partial charge in [0.05, 0.1) is 17.9 Å². The van der Waals surface area contributed by atoms with Crippen LogP contribution >= 0.6 is 0 Å². The van der Waals surface area contributed by atoms with Crippen LogP contribution in [0.2, 0.25) is 0 Å². The van der Waals surface area contributed by atoms with Crippen molar-refractivity contribution < 1.29 is 19.1 Å². The topological polar surface area (TPSA) is 79.5 Å². The summed E-state index contributed by atoms with van der Waals surface area (Å²) in [6, 6.07) is 10.5. The van der Waals surface area contributed by atoms with Crippen LogP contribution in [0.15, 0.2) is 53.3 Å². The van der Waals surface area contributed by atoms with Crippen LogP contribution in [-0.2, 0) is 4.79 Å². The number of rotatable bonds is 6. The van der Waals surface area contributed by atoms with Gasteiger partial charge < -0.3 is 14.8 Å². The van der Waals surface area contributed by atoms with Crippen LogP contribution in [0.25, 0.3) is 0 Å². The van der Waals surface area contributed by atoms with Gasteiger partial charge in [-0.25, -0.2) is 0 Å². The summed E-state index contributed by atoms with van der Waals surface area (Å²) in [6.07, 6.45) is 3.10. The number of carboxylic acids is 1. The summed E-state index contributed by atoms with van der Waals surface area (Å²) in [5.41, 5.74) is 1.30. The summed E-state index contributed by atoms with van der Waals surface area (Å²) in [7, 11) is 0. The zero-order valence-corrected chi connectivity index (χ0v) is 10.8. The van der Waals surface area contributed by atoms with Gasteiger partial charge in [0.2, 0.25) is 0 Å². The minimum absolute atomic E-state index is 0.00870. The van der Waals surface area contributed by atoms with Crippen LogP contribution in [0.1, 0.15) is 34.8 Å². The quantitative estimate of drug-likeness (QED) is 0.847. The third kappa shape index (κ3) is 3.71. The Balaban J connectivity index is 2.10. The first-order chi connectivity index (χ1) is 9.66. The first kappa shape index (κ1) is 13.9. The van der Waals surface area contributed by atoms with Crippen LogP contribution in [0.3, 0.4) is 0 Å². The fraction of sp³-hybridized carbons (Fsp3) is 0.200. The fourth-order valence-electron chi connectivity index (χ4n) is 1.91. The molecule has 0 aliphatic heterocycles. The van der Waals surface area contributed by atoms with Crippen molar-refractivity contribution in [2.45, 2.75) is 18.9 Å². The Morgan fingerprint density at radius 2 is 1.95 bits per heavy atom. The molecule has 20 heavy (non-hydrogen) atoms. The lowest BCUT2D eigenvalue weighted by atomic mass is 10.0. The van der Waals surface area contributed by atoms with Crippen LogP contribution in [0.4, 0.5) is 0 Å². The maximum Gasteiger partial charge on any atom is 0.303 e. The lowest BCUT2D eigenvalue weighted by Crippen LogP contribution is -2.28. The third-order valence-corrected chi connectivity index (χ3v) is 2.94. The van der Waals surface area contributed by atoms with Crippen molar-refractivity contribution in [1.82, 2.24) is 5.32 Å². The largest absolute Gasteiger partial charge is 0.481 e. The molecule has 2 N–H and O–H groups in total. The highest BCUT2D eigenvalue weighted by molar-refractivity contribution is 5.94. The molecule has 0 fully saturated rings. The van der Waals surface area contributed by atoms with Gasteiger partial charge in [0, 0.05) is 6.42 Å². The predicted octanol–water partition coefficient (Wildman–Crippen LogP) is 2.62. The number of hydrogen-bond donors (Lipinski definition) is 2. The van der Waals surface area contributed by atoms with Crippen molar-refractivity contribution in [2.24, 2.45) is 0 Å². The minimum atomic E-state index is -0.886. The summed E-state index contributed by atoms with van der Waals surface area (Å²) in [5, 5.41) is 11.6. The van der Waals surface area contributed by atoms with Gasteiger partial charge in [0.1, 0.15) is 6.26 Å². The SMILES string of the molecule is O=C(O)CCC(NC(=O)c1ccoc1)c1ccccc1. The van der Waals surface area contributed by atoms with E-state index in [2.05, 4.69) is 5.32 Å². The van der Waals surface area contributed by atoms with Gasteiger partial charge in [-0.05, 0) is 18.1 Å². The zero-order chi connectivity index (χ0) is 14.4. The second-order valence-electron chi connectivity index (χ2n) is 4.38. The molecule has 0 aliphatic rings. The molecule has 2 aromatic rings. The number of aliphatic carboxylic acids is 1. The number of benzene rings is 1. The molecule has 5 nitrogen and oxygen atoms in total. The summed E-state index contributed by atoms with van der Waals surface area (Å²) in [6.45, 7) is 0. The molecule has 0 saturated carbocycles. The Bertz CT molecular complexity index is 563. The molecule has 1 aromatic heterocycles. The number of amides is 1. The number of carboxylic acid groups (broad SMARTS) is 1. The van der Waals surface area contributed by atoms with Gasteiger partial charge >= 0.3 is 5.97 Å². The van der Waals surface area contributed by atoms with E-state index in [9.17, 15) is 9.59 Å². The molecule has 5 heteroatoms. The Labute approximate surface area is 116 Å². The molecule has 1 heterocycles. The Morgan fingerprint density at radius 1 is 1.20 bits per heavy atom. The zero-order valence-electron chi connectivity index (χ0n) is 10.8. The molecule has 0 aliphatic carbocycles. The second-order valence-corrected chi connectivity index (χ2v) is 4.38. The number of carbonyl (C=O) groups excluding carboxylic acids is 1. The first-order valence-electron chi connectivity index (χ1n) is 6.26. The average Bonchev–Trinajstić information content (AvgIpc) is 2.98. The second kappa shape index (κ2) is 6.56. The van der Waals surface area contributed by atoms with Gasteiger partial charge in [-0.2, -0.15) is 0 Å². The van der Waals surface area contributed by atoms with E-state index in [0.29, 0.717) is 12.0 Å². The maximum atomic E-state index is 12.0. The molecular formula is C15H15NO4. The van der Waals surface area contributed by atoms with Crippen LogP contribution in [-0.4, -0.2) is 17.0 Å². The van der Waals surface area contributed by atoms with Crippen molar-refractivity contribution in [2.75, 3.05) is 0 Å². The van der Waals surface area contributed by atoms with E-state index in [1.807, 2.05) is 30.3 Å². The molecule has 104 valence electrons. The monoisotopic (exact) mass is 273 g/mol. The summed E-state index contributed by atoms with van der Waals surface area (Å²) in [5.74, 6) is -1.17. The van der Waals surface area contributed by atoms with Crippen LogP contribution < -0.4 is 5.32 Å². The normalized spacial score (nSPS) is 11.8. The number of nitrogens with one attached hydrogen (secondary N) is 1. The molecule has 0 bridgehead atoms. The van der Waals surface area contributed by atoms with Gasteiger partial charge in [-0.3, -0.25) is 9.59 Å². The predicted molar refractivity (Wildman–Crippen MR) is 72.2 cm³/mol. The molecule has 1 amide bonds. The van der Waals surface area contributed by atoms with E-state index in [1.165, 1.54) is 12.5 Å². The van der Waals surface area contributed by atoms with Crippen molar-refractivity contribution in [3.05, 3.63) is 60.1 Å². The van der Waals surface area contributed by atoms with E-state index < -0.39 is 5.97 Å². The molecule has 1 aromatic carbocycles. The first-order valence-corrected chi connectivity index (χ1v) is 6.26. The van der Waals surface area contributed by atoms with Crippen LogP contribution in [0, 0.1) is 0 Å². The van der Waals surface area contributed by atoms with E-state index in [1.54, 1.807) is 6.07 Å². The lowest BCUT2D eigenvalue weighted by Gasteiger charge is -2.18. The molecule has 1 unspecified atom stereocenters. The Morgan fingerprint density at radius 3 is 2.55 bits per heavy atom. The molecular weight excluding hydrogens is 258 g/mol. The number of carbonyl (C=O) groups is 2. The highest BCUT2D eigenvalue weighted by Crippen LogP contribution is 2.19. The highest BCUT2D eigenvalue weighted by atomic mass is 16.4. The summed E-state index contributed by atoms with van der Waals surface area (Å²) >= 11 is 0. The average molecular weight is 273 g/mol. The summed E-state index contributed by atoms with van der Waals surface area (Å²) < 4.78 is 4.87.